The number of nitrogens with zero attached hydrogens (tertiary/aromatic N) is 3. The minimum absolute atomic E-state index is 0.421. The van der Waals surface area contributed by atoms with Gasteiger partial charge in [0.2, 0.25) is 0 Å². The van der Waals surface area contributed by atoms with Gasteiger partial charge in [-0.15, -0.1) is 0 Å². The van der Waals surface area contributed by atoms with Crippen molar-refractivity contribution in [3.8, 4) is 0 Å². The summed E-state index contributed by atoms with van der Waals surface area (Å²) in [6.07, 6.45) is 4.55. The smallest absolute Gasteiger partial charge is 0.0971 e. The van der Waals surface area contributed by atoms with Crippen molar-refractivity contribution < 1.29 is 0 Å². The third kappa shape index (κ3) is 3.37. The van der Waals surface area contributed by atoms with Crippen LogP contribution in [0.4, 0.5) is 0 Å². The molecule has 3 heteroatoms. The van der Waals surface area contributed by atoms with Crippen LogP contribution in [0.1, 0.15) is 16.7 Å². The number of hydrogen-bond acceptors (Lipinski definition) is 3. The molecule has 0 radical (unpaired) electrons. The first-order valence-electron chi connectivity index (χ1n) is 10.2. The van der Waals surface area contributed by atoms with Crippen LogP contribution in [0.5, 0.6) is 0 Å². The maximum atomic E-state index is 2.60. The monoisotopic (exact) mass is 369 g/mol. The molecule has 0 N–H and O–H groups in total. The van der Waals surface area contributed by atoms with Gasteiger partial charge in [0.1, 0.15) is 0 Å². The van der Waals surface area contributed by atoms with Gasteiger partial charge in [-0.1, -0.05) is 91.0 Å². The molecule has 0 aliphatic carbocycles. The van der Waals surface area contributed by atoms with Crippen LogP contribution in [0.2, 0.25) is 0 Å². The zero-order valence-corrected chi connectivity index (χ0v) is 16.4. The average Bonchev–Trinajstić information content (AvgIpc) is 3.37. The highest BCUT2D eigenvalue weighted by atomic mass is 16.0. The molecule has 3 nitrogen and oxygen atoms in total. The molecule has 142 valence electrons. The van der Waals surface area contributed by atoms with Crippen molar-refractivity contribution in [2.75, 3.05) is 7.05 Å². The fraction of sp³-hybridized carbons (Fsp3) is 0.280. The van der Waals surface area contributed by atoms with Crippen molar-refractivity contribution in [1.29, 1.82) is 0 Å². The molecule has 5 rings (SSSR count). The molecule has 2 aliphatic heterocycles. The fourth-order valence-electron chi connectivity index (χ4n) is 4.65. The standard InChI is InChI=1S/C25H27N3/c1-26-23(17-20-11-5-2-6-12-20)27-25(19-22-15-9-4-10-16-22)28(27)24(26)18-21-13-7-3-8-14-21/h2-16,23-25H,17-19H2,1H3. The maximum Gasteiger partial charge on any atom is 0.0971 e. The van der Waals surface area contributed by atoms with E-state index in [2.05, 4.69) is 113 Å². The van der Waals surface area contributed by atoms with Gasteiger partial charge in [0, 0.05) is 19.3 Å². The van der Waals surface area contributed by atoms with E-state index in [1.54, 1.807) is 0 Å². The van der Waals surface area contributed by atoms with Crippen molar-refractivity contribution in [3.05, 3.63) is 108 Å². The molecule has 3 aromatic carbocycles. The Morgan fingerprint density at radius 2 is 0.821 bits per heavy atom. The fourth-order valence-corrected chi connectivity index (χ4v) is 4.65. The van der Waals surface area contributed by atoms with Crippen LogP contribution in [0.25, 0.3) is 0 Å². The Kier molecular flexibility index (Phi) is 4.73. The van der Waals surface area contributed by atoms with E-state index < -0.39 is 0 Å². The molecule has 0 aromatic heterocycles. The summed E-state index contributed by atoms with van der Waals surface area (Å²) in [5.74, 6) is 0. The van der Waals surface area contributed by atoms with Crippen LogP contribution < -0.4 is 0 Å². The molecule has 4 unspecified atom stereocenters. The van der Waals surface area contributed by atoms with Gasteiger partial charge in [0.15, 0.2) is 0 Å². The Morgan fingerprint density at radius 1 is 0.500 bits per heavy atom. The van der Waals surface area contributed by atoms with Crippen LogP contribution in [0, 0.1) is 0 Å². The SMILES string of the molecule is CN1C(Cc2ccccc2)N2C(Cc3ccccc3)N2C1Cc1ccccc1. The van der Waals surface area contributed by atoms with Crippen LogP contribution in [0.3, 0.4) is 0 Å². The summed E-state index contributed by atoms with van der Waals surface area (Å²) in [4.78, 5) is 2.56. The van der Waals surface area contributed by atoms with E-state index in [0.29, 0.717) is 18.5 Å². The summed E-state index contributed by atoms with van der Waals surface area (Å²) in [6, 6.07) is 32.7. The third-order valence-corrected chi connectivity index (χ3v) is 6.16. The van der Waals surface area contributed by atoms with Gasteiger partial charge in [-0.25, -0.2) is 10.0 Å². The second kappa shape index (κ2) is 7.51. The maximum absolute atomic E-state index is 2.60. The first-order valence-corrected chi connectivity index (χ1v) is 10.2. The van der Waals surface area contributed by atoms with Crippen molar-refractivity contribution in [1.82, 2.24) is 14.9 Å². The quantitative estimate of drug-likeness (QED) is 0.604. The Hall–Kier alpha value is -2.46. The Bertz CT molecular complexity index is 841. The molecule has 2 saturated heterocycles. The lowest BCUT2D eigenvalue weighted by atomic mass is 10.1. The van der Waals surface area contributed by atoms with Crippen molar-refractivity contribution >= 4 is 0 Å². The van der Waals surface area contributed by atoms with Gasteiger partial charge in [-0.05, 0) is 23.7 Å². The Labute approximate surface area is 167 Å². The van der Waals surface area contributed by atoms with Gasteiger partial charge in [0.25, 0.3) is 0 Å². The van der Waals surface area contributed by atoms with E-state index in [-0.39, 0.29) is 0 Å². The molecule has 0 bridgehead atoms. The molecule has 0 spiro atoms. The van der Waals surface area contributed by atoms with E-state index >= 15 is 0 Å². The molecule has 3 aromatic rings. The highest BCUT2D eigenvalue weighted by molar-refractivity contribution is 5.22. The second-order valence-electron chi connectivity index (χ2n) is 7.94. The van der Waals surface area contributed by atoms with Crippen LogP contribution in [0.15, 0.2) is 91.0 Å². The summed E-state index contributed by atoms with van der Waals surface area (Å²) in [5.41, 5.74) is 4.23. The minimum atomic E-state index is 0.421. The Morgan fingerprint density at radius 3 is 1.18 bits per heavy atom. The predicted molar refractivity (Wildman–Crippen MR) is 113 cm³/mol. The van der Waals surface area contributed by atoms with Gasteiger partial charge in [-0.3, -0.25) is 4.90 Å². The van der Waals surface area contributed by atoms with Crippen molar-refractivity contribution in [2.45, 2.75) is 37.8 Å². The number of hydrogen-bond donors (Lipinski definition) is 0. The molecule has 28 heavy (non-hydrogen) atoms. The molecule has 2 fully saturated rings. The molecule has 2 heterocycles. The van der Waals surface area contributed by atoms with E-state index in [1.165, 1.54) is 16.7 Å². The number of likely N-dealkylation sites (N-methyl/N-ethyl adjacent to an activating group) is 1. The largest absolute Gasteiger partial charge is 0.272 e. The summed E-state index contributed by atoms with van der Waals surface area (Å²) < 4.78 is 0. The van der Waals surface area contributed by atoms with E-state index in [9.17, 15) is 0 Å². The summed E-state index contributed by atoms with van der Waals surface area (Å²) in [7, 11) is 2.28. The summed E-state index contributed by atoms with van der Waals surface area (Å²) >= 11 is 0. The number of hydrazine groups is 1. The molecule has 4 atom stereocenters. The number of benzene rings is 3. The lowest BCUT2D eigenvalue weighted by Crippen LogP contribution is -2.44. The highest BCUT2D eigenvalue weighted by Crippen LogP contribution is 2.44. The lowest BCUT2D eigenvalue weighted by molar-refractivity contribution is 0.141. The topological polar surface area (TPSA) is 9.26 Å². The zero-order chi connectivity index (χ0) is 18.9. The molecule has 0 saturated carbocycles. The van der Waals surface area contributed by atoms with Gasteiger partial charge in [0.05, 0.1) is 18.5 Å². The summed E-state index contributed by atoms with van der Waals surface area (Å²) in [6.45, 7) is 0. The van der Waals surface area contributed by atoms with Gasteiger partial charge < -0.3 is 0 Å². The van der Waals surface area contributed by atoms with Gasteiger partial charge >= 0.3 is 0 Å². The minimum Gasteiger partial charge on any atom is -0.272 e. The lowest BCUT2D eigenvalue weighted by Gasteiger charge is -2.29. The third-order valence-electron chi connectivity index (χ3n) is 6.16. The van der Waals surface area contributed by atoms with Crippen molar-refractivity contribution in [3.63, 3.8) is 0 Å². The molecule has 2 aliphatic rings. The van der Waals surface area contributed by atoms with E-state index in [0.717, 1.165) is 19.3 Å². The summed E-state index contributed by atoms with van der Waals surface area (Å²) in [5, 5.41) is 5.21. The first kappa shape index (κ1) is 17.6. The number of fused-ring (bicyclic) bond motifs is 1. The second-order valence-corrected chi connectivity index (χ2v) is 7.94. The van der Waals surface area contributed by atoms with Crippen LogP contribution in [-0.2, 0) is 19.3 Å². The van der Waals surface area contributed by atoms with Gasteiger partial charge in [-0.2, -0.15) is 0 Å². The normalized spacial score (nSPS) is 28.8. The number of rotatable bonds is 6. The Balaban J connectivity index is 1.38. The van der Waals surface area contributed by atoms with Crippen LogP contribution >= 0.6 is 0 Å². The molecular formula is C25H27N3. The predicted octanol–water partition coefficient (Wildman–Crippen LogP) is 4.17. The first-order chi connectivity index (χ1) is 13.8. The molecular weight excluding hydrogens is 342 g/mol. The highest BCUT2D eigenvalue weighted by Gasteiger charge is 2.60. The molecule has 0 amide bonds. The average molecular weight is 370 g/mol. The van der Waals surface area contributed by atoms with Crippen molar-refractivity contribution in [2.24, 2.45) is 0 Å². The van der Waals surface area contributed by atoms with E-state index in [4.69, 9.17) is 0 Å². The van der Waals surface area contributed by atoms with E-state index in [1.807, 2.05) is 0 Å². The van der Waals surface area contributed by atoms with Crippen LogP contribution in [-0.4, -0.2) is 40.5 Å². The zero-order valence-electron chi connectivity index (χ0n) is 16.4.